The summed E-state index contributed by atoms with van der Waals surface area (Å²) in [6.07, 6.45) is -0.410. The first-order valence-electron chi connectivity index (χ1n) is 4.12. The molecule has 0 aliphatic heterocycles. The summed E-state index contributed by atoms with van der Waals surface area (Å²) in [6.45, 7) is 0.716. The Labute approximate surface area is 88.5 Å². The van der Waals surface area contributed by atoms with Crippen LogP contribution in [-0.2, 0) is 19.8 Å². The molecule has 1 N–H and O–H groups in total. The predicted molar refractivity (Wildman–Crippen MR) is 52.2 cm³/mol. The minimum absolute atomic E-state index is 0.356. The molecule has 88 valence electrons. The van der Waals surface area contributed by atoms with E-state index in [9.17, 15) is 18.0 Å². The fourth-order valence-corrected chi connectivity index (χ4v) is 1.87. The highest BCUT2D eigenvalue weighted by Crippen LogP contribution is 2.05. The average molecular weight is 238 g/mol. The summed E-state index contributed by atoms with van der Waals surface area (Å²) in [5, 5.41) is 8.40. The van der Waals surface area contributed by atoms with Crippen LogP contribution in [0.4, 0.5) is 0 Å². The molecule has 0 saturated carbocycles. The molecule has 0 unspecified atom stereocenters. The monoisotopic (exact) mass is 238 g/mol. The van der Waals surface area contributed by atoms with E-state index < -0.39 is 28.5 Å². The van der Waals surface area contributed by atoms with Crippen LogP contribution >= 0.6 is 0 Å². The van der Waals surface area contributed by atoms with E-state index in [2.05, 4.69) is 0 Å². The Kier molecular flexibility index (Phi) is 4.69. The Hall–Kier alpha value is -1.15. The van der Waals surface area contributed by atoms with Crippen molar-refractivity contribution in [1.82, 2.24) is 8.61 Å². The molecule has 0 spiro atoms. The van der Waals surface area contributed by atoms with Crippen molar-refractivity contribution in [3.8, 4) is 0 Å². The number of hydrogen-bond donors (Lipinski definition) is 1. The van der Waals surface area contributed by atoms with Gasteiger partial charge in [-0.25, -0.2) is 4.31 Å². The molecule has 0 atom stereocenters. The second-order valence-corrected chi connectivity index (χ2v) is 5.09. The Bertz CT molecular complexity index is 348. The van der Waals surface area contributed by atoms with Crippen molar-refractivity contribution in [2.24, 2.45) is 0 Å². The fraction of sp³-hybridized carbons (Fsp3) is 0.714. The van der Waals surface area contributed by atoms with Gasteiger partial charge in [0.05, 0.1) is 6.42 Å². The second kappa shape index (κ2) is 5.08. The van der Waals surface area contributed by atoms with Gasteiger partial charge in [-0.2, -0.15) is 12.7 Å². The van der Waals surface area contributed by atoms with Crippen LogP contribution in [0.25, 0.3) is 0 Å². The average Bonchev–Trinajstić information content (AvgIpc) is 2.01. The molecule has 15 heavy (non-hydrogen) atoms. The molecular weight excluding hydrogens is 224 g/mol. The van der Waals surface area contributed by atoms with Gasteiger partial charge in [-0.1, -0.05) is 0 Å². The molecule has 0 radical (unpaired) electrons. The van der Waals surface area contributed by atoms with Crippen molar-refractivity contribution in [1.29, 1.82) is 0 Å². The summed E-state index contributed by atoms with van der Waals surface area (Å²) >= 11 is 0. The van der Waals surface area contributed by atoms with E-state index >= 15 is 0 Å². The Morgan fingerprint density at radius 2 is 1.73 bits per heavy atom. The van der Waals surface area contributed by atoms with Gasteiger partial charge < -0.3 is 5.11 Å². The van der Waals surface area contributed by atoms with E-state index in [0.29, 0.717) is 4.31 Å². The van der Waals surface area contributed by atoms with Gasteiger partial charge in [0.2, 0.25) is 5.91 Å². The number of carbonyl (C=O) groups is 2. The first kappa shape index (κ1) is 13.8. The Morgan fingerprint density at radius 3 is 2.00 bits per heavy atom. The molecule has 0 aromatic heterocycles. The van der Waals surface area contributed by atoms with Crippen LogP contribution in [-0.4, -0.2) is 54.7 Å². The number of hydrogen-bond acceptors (Lipinski definition) is 4. The molecule has 0 bridgehead atoms. The molecule has 0 saturated heterocycles. The number of carbonyl (C=O) groups excluding carboxylic acids is 1. The van der Waals surface area contributed by atoms with E-state index in [0.717, 1.165) is 11.2 Å². The van der Waals surface area contributed by atoms with E-state index in [4.69, 9.17) is 5.11 Å². The minimum Gasteiger partial charge on any atom is -0.481 e. The summed E-state index contributed by atoms with van der Waals surface area (Å²) in [6, 6.07) is 0. The van der Waals surface area contributed by atoms with Gasteiger partial charge in [0, 0.05) is 27.6 Å². The minimum atomic E-state index is -3.88. The van der Waals surface area contributed by atoms with Gasteiger partial charge in [0.15, 0.2) is 0 Å². The van der Waals surface area contributed by atoms with Crippen LogP contribution in [0.2, 0.25) is 0 Å². The van der Waals surface area contributed by atoms with Crippen LogP contribution in [0.5, 0.6) is 0 Å². The predicted octanol–water partition coefficient (Wildman–Crippen LogP) is -0.884. The number of aliphatic carboxylic acids is 1. The molecular formula is C7H14N2O5S. The molecule has 7 nitrogen and oxygen atoms in total. The van der Waals surface area contributed by atoms with E-state index in [1.54, 1.807) is 0 Å². The highest BCUT2D eigenvalue weighted by Gasteiger charge is 2.27. The van der Waals surface area contributed by atoms with Crippen LogP contribution in [0.1, 0.15) is 13.3 Å². The Balaban J connectivity index is 4.83. The van der Waals surface area contributed by atoms with Crippen LogP contribution in [0.15, 0.2) is 0 Å². The molecule has 0 aromatic rings. The SMILES string of the molecule is CC(=O)N(CCC(=O)O)S(=O)(=O)N(C)C. The van der Waals surface area contributed by atoms with E-state index in [-0.39, 0.29) is 6.54 Å². The zero-order chi connectivity index (χ0) is 12.2. The van der Waals surface area contributed by atoms with Crippen molar-refractivity contribution in [3.63, 3.8) is 0 Å². The number of carboxylic acid groups (broad SMARTS) is 1. The third-order valence-corrected chi connectivity index (χ3v) is 3.54. The summed E-state index contributed by atoms with van der Waals surface area (Å²) in [4.78, 5) is 21.3. The van der Waals surface area contributed by atoms with Crippen molar-refractivity contribution >= 4 is 22.1 Å². The summed E-state index contributed by atoms with van der Waals surface area (Å²) in [7, 11) is -1.34. The lowest BCUT2D eigenvalue weighted by atomic mass is 10.4. The first-order valence-corrected chi connectivity index (χ1v) is 5.52. The summed E-state index contributed by atoms with van der Waals surface area (Å²) in [5.41, 5.74) is 0. The third-order valence-electron chi connectivity index (χ3n) is 1.62. The molecule has 0 aliphatic rings. The standard InChI is InChI=1S/C7H14N2O5S/c1-6(10)9(5-4-7(11)12)15(13,14)8(2)3/h4-5H2,1-3H3,(H,11,12). The maximum atomic E-state index is 11.5. The lowest BCUT2D eigenvalue weighted by Crippen LogP contribution is -2.43. The normalized spacial score (nSPS) is 11.5. The maximum Gasteiger partial charge on any atom is 0.305 e. The number of amides is 1. The molecule has 0 aliphatic carbocycles. The quantitative estimate of drug-likeness (QED) is 0.670. The summed E-state index contributed by atoms with van der Waals surface area (Å²) < 4.78 is 24.4. The van der Waals surface area contributed by atoms with Gasteiger partial charge in [-0.3, -0.25) is 9.59 Å². The lowest BCUT2D eigenvalue weighted by molar-refractivity contribution is -0.137. The molecule has 1 amide bonds. The smallest absolute Gasteiger partial charge is 0.305 e. The van der Waals surface area contributed by atoms with Crippen molar-refractivity contribution < 1.29 is 23.1 Å². The second-order valence-electron chi connectivity index (χ2n) is 3.03. The molecule has 0 rings (SSSR count). The number of carboxylic acids is 1. The van der Waals surface area contributed by atoms with Crippen molar-refractivity contribution in [2.45, 2.75) is 13.3 Å². The largest absolute Gasteiger partial charge is 0.481 e. The highest BCUT2D eigenvalue weighted by atomic mass is 32.2. The molecule has 0 fully saturated rings. The van der Waals surface area contributed by atoms with Gasteiger partial charge in [0.1, 0.15) is 0 Å². The van der Waals surface area contributed by atoms with Gasteiger partial charge in [-0.05, 0) is 0 Å². The molecule has 0 aromatic carbocycles. The number of nitrogens with zero attached hydrogens (tertiary/aromatic N) is 2. The van der Waals surface area contributed by atoms with E-state index in [1.807, 2.05) is 0 Å². The van der Waals surface area contributed by atoms with Gasteiger partial charge in [0.25, 0.3) is 0 Å². The zero-order valence-electron chi connectivity index (χ0n) is 8.80. The highest BCUT2D eigenvalue weighted by molar-refractivity contribution is 7.87. The fourth-order valence-electron chi connectivity index (χ4n) is 0.830. The van der Waals surface area contributed by atoms with Crippen molar-refractivity contribution in [3.05, 3.63) is 0 Å². The van der Waals surface area contributed by atoms with Crippen LogP contribution in [0, 0.1) is 0 Å². The van der Waals surface area contributed by atoms with E-state index in [1.165, 1.54) is 14.1 Å². The third kappa shape index (κ3) is 3.84. The lowest BCUT2D eigenvalue weighted by Gasteiger charge is -2.23. The Morgan fingerprint density at radius 1 is 1.27 bits per heavy atom. The van der Waals surface area contributed by atoms with Crippen LogP contribution in [0.3, 0.4) is 0 Å². The number of rotatable bonds is 5. The first-order chi connectivity index (χ1) is 6.69. The van der Waals surface area contributed by atoms with Crippen LogP contribution < -0.4 is 0 Å². The van der Waals surface area contributed by atoms with Crippen molar-refractivity contribution in [2.75, 3.05) is 20.6 Å². The topological polar surface area (TPSA) is 95.0 Å². The molecule has 8 heteroatoms. The maximum absolute atomic E-state index is 11.5. The van der Waals surface area contributed by atoms with Gasteiger partial charge >= 0.3 is 16.2 Å². The zero-order valence-corrected chi connectivity index (χ0v) is 9.61. The van der Waals surface area contributed by atoms with Gasteiger partial charge in [-0.15, -0.1) is 0 Å². The summed E-state index contributed by atoms with van der Waals surface area (Å²) in [5.74, 6) is -1.86. The molecule has 0 heterocycles.